The number of ether oxygens (including phenoxy) is 1. The molecule has 0 spiro atoms. The minimum atomic E-state index is -0.124. The second-order valence-electron chi connectivity index (χ2n) is 5.99. The molecule has 1 aliphatic carbocycles. The van der Waals surface area contributed by atoms with Crippen molar-refractivity contribution in [1.82, 2.24) is 9.78 Å². The van der Waals surface area contributed by atoms with Crippen LogP contribution in [-0.2, 0) is 11.8 Å². The Morgan fingerprint density at radius 3 is 3.05 bits per heavy atom. The average molecular weight is 328 g/mol. The number of fused-ring (bicyclic) bond motifs is 1. The first-order chi connectivity index (χ1) is 8.93. The van der Waals surface area contributed by atoms with E-state index in [2.05, 4.69) is 40.2 Å². The summed E-state index contributed by atoms with van der Waals surface area (Å²) in [5, 5.41) is 7.54. The third-order valence-corrected chi connectivity index (χ3v) is 5.26. The van der Waals surface area contributed by atoms with E-state index in [0.717, 1.165) is 18.7 Å². The highest BCUT2D eigenvalue weighted by atomic mass is 79.9. The van der Waals surface area contributed by atoms with Crippen molar-refractivity contribution in [2.24, 2.45) is 18.4 Å². The minimum absolute atomic E-state index is 0.0850. The molecule has 0 radical (unpaired) electrons. The zero-order valence-corrected chi connectivity index (χ0v) is 12.9. The number of nitrogens with one attached hydrogen (secondary N) is 1. The number of anilines is 1. The van der Waals surface area contributed by atoms with Gasteiger partial charge in [0, 0.05) is 31.0 Å². The first kappa shape index (κ1) is 13.1. The van der Waals surface area contributed by atoms with E-state index in [-0.39, 0.29) is 11.0 Å². The standard InChI is InChI=1S/C13H18BrN3O2/c1-13(2)10(7-4-5-19-11(7)13)16-8-6-15-17(3)12(18)9(8)14/h6-7,10-11,16H,4-5H2,1-3H3/t7-,10+,11-/m0/s1. The van der Waals surface area contributed by atoms with Crippen molar-refractivity contribution in [2.75, 3.05) is 11.9 Å². The van der Waals surface area contributed by atoms with E-state index in [1.807, 2.05) is 0 Å². The summed E-state index contributed by atoms with van der Waals surface area (Å²) < 4.78 is 7.64. The van der Waals surface area contributed by atoms with Gasteiger partial charge in [0.1, 0.15) is 4.47 Å². The van der Waals surface area contributed by atoms with Crippen molar-refractivity contribution in [3.63, 3.8) is 0 Å². The molecule has 0 unspecified atom stereocenters. The number of hydrogen-bond acceptors (Lipinski definition) is 4. The summed E-state index contributed by atoms with van der Waals surface area (Å²) in [6, 6.07) is 0.324. The molecule has 0 amide bonds. The molecule has 1 saturated heterocycles. The van der Waals surface area contributed by atoms with Crippen LogP contribution in [0.4, 0.5) is 5.69 Å². The highest BCUT2D eigenvalue weighted by Crippen LogP contribution is 2.53. The van der Waals surface area contributed by atoms with Crippen LogP contribution in [0.5, 0.6) is 0 Å². The van der Waals surface area contributed by atoms with Crippen LogP contribution in [0, 0.1) is 11.3 Å². The number of aryl methyl sites for hydroxylation is 1. The van der Waals surface area contributed by atoms with Gasteiger partial charge in [-0.25, -0.2) is 4.68 Å². The van der Waals surface area contributed by atoms with Gasteiger partial charge >= 0.3 is 0 Å². The van der Waals surface area contributed by atoms with E-state index in [4.69, 9.17) is 4.74 Å². The summed E-state index contributed by atoms with van der Waals surface area (Å²) >= 11 is 3.36. The molecule has 0 aromatic carbocycles. The van der Waals surface area contributed by atoms with Gasteiger partial charge in [0.25, 0.3) is 5.56 Å². The van der Waals surface area contributed by atoms with E-state index in [1.54, 1.807) is 13.2 Å². The van der Waals surface area contributed by atoms with Crippen LogP contribution in [0.25, 0.3) is 0 Å². The van der Waals surface area contributed by atoms with Gasteiger partial charge in [-0.15, -0.1) is 0 Å². The Balaban J connectivity index is 1.87. The molecule has 2 heterocycles. The molecule has 1 aromatic rings. The zero-order chi connectivity index (χ0) is 13.8. The van der Waals surface area contributed by atoms with Crippen molar-refractivity contribution < 1.29 is 4.74 Å². The molecule has 6 heteroatoms. The fourth-order valence-electron chi connectivity index (χ4n) is 3.40. The van der Waals surface area contributed by atoms with Gasteiger partial charge in [0.2, 0.25) is 0 Å². The molecule has 3 atom stereocenters. The van der Waals surface area contributed by atoms with Gasteiger partial charge in [-0.2, -0.15) is 5.10 Å². The molecule has 5 nitrogen and oxygen atoms in total. The summed E-state index contributed by atoms with van der Waals surface area (Å²) in [6.45, 7) is 5.26. The van der Waals surface area contributed by atoms with Gasteiger partial charge in [-0.05, 0) is 22.4 Å². The second-order valence-corrected chi connectivity index (χ2v) is 6.78. The van der Waals surface area contributed by atoms with Crippen molar-refractivity contribution >= 4 is 21.6 Å². The monoisotopic (exact) mass is 327 g/mol. The fraction of sp³-hybridized carbons (Fsp3) is 0.692. The lowest BCUT2D eigenvalue weighted by atomic mass is 9.57. The maximum atomic E-state index is 11.9. The molecule has 1 N–H and O–H groups in total. The zero-order valence-electron chi connectivity index (χ0n) is 11.3. The summed E-state index contributed by atoms with van der Waals surface area (Å²) in [6.07, 6.45) is 3.12. The van der Waals surface area contributed by atoms with Gasteiger partial charge in [0.15, 0.2) is 0 Å². The minimum Gasteiger partial charge on any atom is -0.379 e. The fourth-order valence-corrected chi connectivity index (χ4v) is 3.87. The Morgan fingerprint density at radius 2 is 2.32 bits per heavy atom. The summed E-state index contributed by atoms with van der Waals surface area (Å²) in [7, 11) is 1.64. The average Bonchev–Trinajstić information content (AvgIpc) is 2.82. The third-order valence-electron chi connectivity index (χ3n) is 4.49. The molecular weight excluding hydrogens is 310 g/mol. The largest absolute Gasteiger partial charge is 0.379 e. The van der Waals surface area contributed by atoms with Crippen molar-refractivity contribution in [3.05, 3.63) is 21.0 Å². The molecular formula is C13H18BrN3O2. The number of aromatic nitrogens is 2. The lowest BCUT2D eigenvalue weighted by molar-refractivity contribution is -0.0923. The highest BCUT2D eigenvalue weighted by Gasteiger charge is 2.59. The summed E-state index contributed by atoms with van der Waals surface area (Å²) in [4.78, 5) is 11.9. The molecule has 0 bridgehead atoms. The third kappa shape index (κ3) is 1.84. The topological polar surface area (TPSA) is 56.1 Å². The molecule has 1 aromatic heterocycles. The van der Waals surface area contributed by atoms with Crippen LogP contribution in [0.2, 0.25) is 0 Å². The molecule has 1 aliphatic heterocycles. The van der Waals surface area contributed by atoms with Gasteiger partial charge in [0.05, 0.1) is 18.0 Å². The highest BCUT2D eigenvalue weighted by molar-refractivity contribution is 9.10. The second kappa shape index (κ2) is 4.31. The van der Waals surface area contributed by atoms with E-state index in [1.165, 1.54) is 4.68 Å². The van der Waals surface area contributed by atoms with E-state index >= 15 is 0 Å². The Kier molecular flexibility index (Phi) is 2.98. The van der Waals surface area contributed by atoms with Crippen molar-refractivity contribution in [2.45, 2.75) is 32.4 Å². The van der Waals surface area contributed by atoms with Crippen LogP contribution in [0.1, 0.15) is 20.3 Å². The number of rotatable bonds is 2. The van der Waals surface area contributed by atoms with Gasteiger partial charge in [-0.3, -0.25) is 4.79 Å². The number of hydrogen-bond donors (Lipinski definition) is 1. The van der Waals surface area contributed by atoms with Crippen molar-refractivity contribution in [1.29, 1.82) is 0 Å². The van der Waals surface area contributed by atoms with Crippen LogP contribution in [0.15, 0.2) is 15.5 Å². The first-order valence-electron chi connectivity index (χ1n) is 6.53. The van der Waals surface area contributed by atoms with E-state index in [9.17, 15) is 4.79 Å². The Hall–Kier alpha value is -0.880. The predicted octanol–water partition coefficient (Wildman–Crippen LogP) is 1.77. The first-order valence-corrected chi connectivity index (χ1v) is 7.32. The van der Waals surface area contributed by atoms with Crippen molar-refractivity contribution in [3.8, 4) is 0 Å². The predicted molar refractivity (Wildman–Crippen MR) is 76.2 cm³/mol. The van der Waals surface area contributed by atoms with Crippen LogP contribution in [-0.4, -0.2) is 28.5 Å². The van der Waals surface area contributed by atoms with Crippen LogP contribution >= 0.6 is 15.9 Å². The van der Waals surface area contributed by atoms with E-state index in [0.29, 0.717) is 22.5 Å². The number of halogens is 1. The Morgan fingerprint density at radius 1 is 1.58 bits per heavy atom. The quantitative estimate of drug-likeness (QED) is 0.899. The molecule has 2 aliphatic rings. The normalized spacial score (nSPS) is 31.7. The number of nitrogens with zero attached hydrogens (tertiary/aromatic N) is 2. The Labute approximate surface area is 120 Å². The molecule has 2 fully saturated rings. The Bertz CT molecular complexity index is 569. The van der Waals surface area contributed by atoms with Crippen LogP contribution < -0.4 is 10.9 Å². The van der Waals surface area contributed by atoms with Gasteiger partial charge < -0.3 is 10.1 Å². The summed E-state index contributed by atoms with van der Waals surface area (Å²) in [5.74, 6) is 0.533. The SMILES string of the molecule is Cn1ncc(N[C@@H]2[C@@H]3CCO[C@@H]3C2(C)C)c(Br)c1=O. The molecule has 104 valence electrons. The molecule has 3 rings (SSSR count). The maximum absolute atomic E-state index is 11.9. The lowest BCUT2D eigenvalue weighted by Crippen LogP contribution is -2.63. The van der Waals surface area contributed by atoms with Gasteiger partial charge in [-0.1, -0.05) is 13.8 Å². The smallest absolute Gasteiger partial charge is 0.282 e. The van der Waals surface area contributed by atoms with Crippen LogP contribution in [0.3, 0.4) is 0 Å². The summed E-state index contributed by atoms with van der Waals surface area (Å²) in [5.41, 5.74) is 0.731. The molecule has 1 saturated carbocycles. The lowest BCUT2D eigenvalue weighted by Gasteiger charge is -2.55. The molecule has 19 heavy (non-hydrogen) atoms. The maximum Gasteiger partial charge on any atom is 0.282 e. The van der Waals surface area contributed by atoms with E-state index < -0.39 is 0 Å².